The molecule has 0 atom stereocenters. The van der Waals surface area contributed by atoms with E-state index in [1.54, 1.807) is 31.2 Å². The molecular formula is C17H15FN4O2S. The number of nitrogens with zero attached hydrogens (tertiary/aromatic N) is 1. The molecule has 3 N–H and O–H groups in total. The van der Waals surface area contributed by atoms with Gasteiger partial charge in [0.25, 0.3) is 5.91 Å². The van der Waals surface area contributed by atoms with Crippen LogP contribution in [0.15, 0.2) is 47.6 Å². The molecule has 128 valence electrons. The number of carbonyl (C=O) groups excluding carboxylic acids is 1. The Kier molecular flexibility index (Phi) is 4.90. The lowest BCUT2D eigenvalue weighted by Crippen LogP contribution is -2.26. The Hall–Kier alpha value is -3.00. The number of amides is 1. The summed E-state index contributed by atoms with van der Waals surface area (Å²) >= 11 is 5.13. The summed E-state index contributed by atoms with van der Waals surface area (Å²) in [5.41, 5.74) is 5.29. The van der Waals surface area contributed by atoms with E-state index in [2.05, 4.69) is 21.2 Å². The van der Waals surface area contributed by atoms with E-state index < -0.39 is 0 Å². The molecule has 0 aromatic heterocycles. The molecule has 1 amide bonds. The lowest BCUT2D eigenvalue weighted by atomic mass is 10.1. The minimum atomic E-state index is -0.356. The number of fused-ring (bicyclic) bond motifs is 1. The topological polar surface area (TPSA) is 74.8 Å². The normalized spacial score (nSPS) is 13.4. The van der Waals surface area contributed by atoms with Crippen molar-refractivity contribution in [2.75, 3.05) is 17.2 Å². The van der Waals surface area contributed by atoms with Crippen LogP contribution in [0.2, 0.25) is 0 Å². The van der Waals surface area contributed by atoms with Crippen LogP contribution in [-0.4, -0.2) is 23.3 Å². The van der Waals surface area contributed by atoms with Crippen molar-refractivity contribution in [2.45, 2.75) is 6.92 Å². The van der Waals surface area contributed by atoms with Gasteiger partial charge in [0.15, 0.2) is 11.7 Å². The van der Waals surface area contributed by atoms with Gasteiger partial charge in [-0.05, 0) is 61.1 Å². The number of hydrogen-bond donors (Lipinski definition) is 3. The average Bonchev–Trinajstić information content (AvgIpc) is 2.59. The van der Waals surface area contributed by atoms with Crippen molar-refractivity contribution in [3.8, 4) is 5.75 Å². The maximum atomic E-state index is 13.1. The van der Waals surface area contributed by atoms with E-state index in [1.807, 2.05) is 6.07 Å². The van der Waals surface area contributed by atoms with E-state index in [0.29, 0.717) is 22.8 Å². The lowest BCUT2D eigenvalue weighted by molar-refractivity contribution is -0.118. The molecule has 2 aromatic rings. The standard InChI is InChI=1S/C17H15FN4O2S/c1-10(11-5-6-15-14(7-11)20-16(23)9-24-15)21-22-17(25)19-13-4-2-3-12(18)8-13/h2-8H,9H2,1H3,(H,20,23)(H2,19,22,25)/b21-10+. The highest BCUT2D eigenvalue weighted by Gasteiger charge is 2.16. The molecule has 0 fully saturated rings. The third-order valence-electron chi connectivity index (χ3n) is 3.44. The minimum absolute atomic E-state index is 0.0149. The molecule has 0 spiro atoms. The fraction of sp³-hybridized carbons (Fsp3) is 0.118. The van der Waals surface area contributed by atoms with Crippen LogP contribution in [0, 0.1) is 5.82 Å². The van der Waals surface area contributed by atoms with Crippen LogP contribution < -0.4 is 20.8 Å². The Morgan fingerprint density at radius 2 is 2.16 bits per heavy atom. The summed E-state index contributed by atoms with van der Waals surface area (Å²) < 4.78 is 18.5. The van der Waals surface area contributed by atoms with Gasteiger partial charge >= 0.3 is 0 Å². The zero-order valence-corrected chi connectivity index (χ0v) is 14.1. The third kappa shape index (κ3) is 4.30. The summed E-state index contributed by atoms with van der Waals surface area (Å²) in [6.45, 7) is 1.81. The summed E-state index contributed by atoms with van der Waals surface area (Å²) in [4.78, 5) is 11.4. The summed E-state index contributed by atoms with van der Waals surface area (Å²) in [5, 5.41) is 10.0. The molecule has 1 heterocycles. The predicted octanol–water partition coefficient (Wildman–Crippen LogP) is 2.87. The van der Waals surface area contributed by atoms with Crippen molar-refractivity contribution in [3.05, 3.63) is 53.8 Å². The van der Waals surface area contributed by atoms with Gasteiger partial charge in [-0.15, -0.1) is 0 Å². The van der Waals surface area contributed by atoms with Crippen LogP contribution in [0.3, 0.4) is 0 Å². The summed E-state index contributed by atoms with van der Waals surface area (Å²) in [7, 11) is 0. The Bertz CT molecular complexity index is 869. The predicted molar refractivity (Wildman–Crippen MR) is 98.5 cm³/mol. The van der Waals surface area contributed by atoms with Crippen molar-refractivity contribution in [1.29, 1.82) is 0 Å². The largest absolute Gasteiger partial charge is 0.482 e. The van der Waals surface area contributed by atoms with Crippen LogP contribution >= 0.6 is 12.2 Å². The minimum Gasteiger partial charge on any atom is -0.482 e. The van der Waals surface area contributed by atoms with E-state index in [4.69, 9.17) is 17.0 Å². The highest BCUT2D eigenvalue weighted by atomic mass is 32.1. The zero-order valence-electron chi connectivity index (χ0n) is 13.3. The monoisotopic (exact) mass is 358 g/mol. The first-order chi connectivity index (χ1) is 12.0. The Balaban J connectivity index is 1.66. The Labute approximate surface area is 149 Å². The first-order valence-corrected chi connectivity index (χ1v) is 7.86. The maximum Gasteiger partial charge on any atom is 0.262 e. The van der Waals surface area contributed by atoms with Gasteiger partial charge in [-0.1, -0.05) is 6.07 Å². The molecular weight excluding hydrogens is 343 g/mol. The molecule has 0 unspecified atom stereocenters. The first-order valence-electron chi connectivity index (χ1n) is 7.45. The van der Waals surface area contributed by atoms with Gasteiger partial charge in [-0.25, -0.2) is 4.39 Å². The second-order valence-corrected chi connectivity index (χ2v) is 5.73. The van der Waals surface area contributed by atoms with Gasteiger partial charge < -0.3 is 15.4 Å². The van der Waals surface area contributed by atoms with E-state index >= 15 is 0 Å². The van der Waals surface area contributed by atoms with E-state index in [0.717, 1.165) is 5.56 Å². The van der Waals surface area contributed by atoms with Gasteiger partial charge in [0.2, 0.25) is 0 Å². The smallest absolute Gasteiger partial charge is 0.262 e. The Morgan fingerprint density at radius 1 is 1.32 bits per heavy atom. The van der Waals surface area contributed by atoms with Crippen LogP contribution in [-0.2, 0) is 4.79 Å². The fourth-order valence-corrected chi connectivity index (χ4v) is 2.40. The first kappa shape index (κ1) is 16.8. The maximum absolute atomic E-state index is 13.1. The van der Waals surface area contributed by atoms with Crippen molar-refractivity contribution >= 4 is 40.3 Å². The van der Waals surface area contributed by atoms with E-state index in [9.17, 15) is 9.18 Å². The van der Waals surface area contributed by atoms with Gasteiger partial charge in [0, 0.05) is 5.69 Å². The highest BCUT2D eigenvalue weighted by Crippen LogP contribution is 2.28. The van der Waals surface area contributed by atoms with Crippen molar-refractivity contribution in [2.24, 2.45) is 5.10 Å². The molecule has 6 nitrogen and oxygen atoms in total. The Morgan fingerprint density at radius 3 is 2.96 bits per heavy atom. The van der Waals surface area contributed by atoms with Gasteiger partial charge in [-0.2, -0.15) is 5.10 Å². The van der Waals surface area contributed by atoms with Crippen LogP contribution in [0.1, 0.15) is 12.5 Å². The van der Waals surface area contributed by atoms with Gasteiger partial charge in [0.1, 0.15) is 11.6 Å². The van der Waals surface area contributed by atoms with Gasteiger partial charge in [0.05, 0.1) is 11.4 Å². The number of hydrogen-bond acceptors (Lipinski definition) is 4. The number of halogens is 1. The number of benzene rings is 2. The molecule has 3 rings (SSSR count). The molecule has 0 saturated heterocycles. The van der Waals surface area contributed by atoms with Crippen LogP contribution in [0.4, 0.5) is 15.8 Å². The highest BCUT2D eigenvalue weighted by molar-refractivity contribution is 7.80. The second kappa shape index (κ2) is 7.27. The number of thiocarbonyl (C=S) groups is 1. The quantitative estimate of drug-likeness (QED) is 0.447. The number of anilines is 2. The zero-order chi connectivity index (χ0) is 17.8. The molecule has 0 aliphatic carbocycles. The number of ether oxygens (including phenoxy) is 1. The summed E-state index contributed by atoms with van der Waals surface area (Å²) in [6.07, 6.45) is 0. The van der Waals surface area contributed by atoms with E-state index in [1.165, 1.54) is 12.1 Å². The number of hydrazone groups is 1. The molecule has 2 aromatic carbocycles. The van der Waals surface area contributed by atoms with E-state index in [-0.39, 0.29) is 23.4 Å². The lowest BCUT2D eigenvalue weighted by Gasteiger charge is -2.18. The fourth-order valence-electron chi connectivity index (χ4n) is 2.23. The molecule has 1 aliphatic rings. The molecule has 0 saturated carbocycles. The molecule has 25 heavy (non-hydrogen) atoms. The molecule has 1 aliphatic heterocycles. The van der Waals surface area contributed by atoms with Crippen molar-refractivity contribution in [1.82, 2.24) is 5.43 Å². The average molecular weight is 358 g/mol. The molecule has 8 heteroatoms. The summed E-state index contributed by atoms with van der Waals surface area (Å²) in [6, 6.07) is 11.3. The van der Waals surface area contributed by atoms with Crippen LogP contribution in [0.25, 0.3) is 0 Å². The van der Waals surface area contributed by atoms with Gasteiger partial charge in [-0.3, -0.25) is 10.2 Å². The number of carbonyl (C=O) groups is 1. The molecule has 0 bridgehead atoms. The second-order valence-electron chi connectivity index (χ2n) is 5.32. The van der Waals surface area contributed by atoms with Crippen molar-refractivity contribution in [3.63, 3.8) is 0 Å². The SMILES string of the molecule is C/C(=N\NC(=S)Nc1cccc(F)c1)c1ccc2c(c1)NC(=O)CO2. The number of rotatable bonds is 3. The van der Waals surface area contributed by atoms with Crippen molar-refractivity contribution < 1.29 is 13.9 Å². The number of nitrogens with one attached hydrogen (secondary N) is 3. The summed E-state index contributed by atoms with van der Waals surface area (Å²) in [5.74, 6) is 0.0658. The van der Waals surface area contributed by atoms with Crippen LogP contribution in [0.5, 0.6) is 5.75 Å². The molecule has 0 radical (unpaired) electrons. The third-order valence-corrected chi connectivity index (χ3v) is 3.63.